The highest BCUT2D eigenvalue weighted by molar-refractivity contribution is 7.93. The molecule has 2 aromatic rings. The molecule has 8 heteroatoms. The van der Waals surface area contributed by atoms with Crippen LogP contribution >= 0.6 is 22.7 Å². The lowest BCUT2D eigenvalue weighted by molar-refractivity contribution is 0.592. The minimum absolute atomic E-state index is 0.288. The summed E-state index contributed by atoms with van der Waals surface area (Å²) in [4.78, 5) is 6.26. The number of nitrogens with one attached hydrogen (secondary N) is 2. The third kappa shape index (κ3) is 4.02. The second kappa shape index (κ2) is 6.21. The third-order valence-corrected chi connectivity index (χ3v) is 5.83. The number of thiazole rings is 1. The van der Waals surface area contributed by atoms with E-state index in [9.17, 15) is 8.42 Å². The number of rotatable bonds is 6. The maximum absolute atomic E-state index is 12.2. The molecule has 0 amide bonds. The summed E-state index contributed by atoms with van der Waals surface area (Å²) in [5, 5.41) is 5.32. The molecule has 2 rings (SSSR count). The van der Waals surface area contributed by atoms with Crippen LogP contribution in [0.25, 0.3) is 0 Å². The van der Waals surface area contributed by atoms with Crippen molar-refractivity contribution in [2.75, 3.05) is 4.72 Å². The highest BCUT2D eigenvalue weighted by Crippen LogP contribution is 2.24. The fraction of sp³-hybridized carbons (Fsp3) is 0.417. The Morgan fingerprint density at radius 2 is 2.15 bits per heavy atom. The SMILES string of the molecule is Cc1cnc(NS(=O)(=O)c2csc(CNC(C)C)c2)s1. The Bertz CT molecular complexity index is 674. The van der Waals surface area contributed by atoms with Gasteiger partial charge in [-0.25, -0.2) is 13.4 Å². The first-order chi connectivity index (χ1) is 9.37. The van der Waals surface area contributed by atoms with E-state index < -0.39 is 10.0 Å². The summed E-state index contributed by atoms with van der Waals surface area (Å²) in [6.45, 7) is 6.67. The summed E-state index contributed by atoms with van der Waals surface area (Å²) in [5.74, 6) is 0. The second-order valence-electron chi connectivity index (χ2n) is 4.67. The van der Waals surface area contributed by atoms with Gasteiger partial charge >= 0.3 is 0 Å². The second-order valence-corrected chi connectivity index (χ2v) is 8.58. The molecule has 0 aliphatic rings. The van der Waals surface area contributed by atoms with Crippen molar-refractivity contribution < 1.29 is 8.42 Å². The number of hydrogen-bond donors (Lipinski definition) is 2. The molecule has 0 aliphatic heterocycles. The van der Waals surface area contributed by atoms with Crippen molar-refractivity contribution in [1.82, 2.24) is 10.3 Å². The maximum atomic E-state index is 12.2. The van der Waals surface area contributed by atoms with Gasteiger partial charge in [0.2, 0.25) is 0 Å². The Morgan fingerprint density at radius 3 is 2.75 bits per heavy atom. The molecule has 0 saturated carbocycles. The molecule has 5 nitrogen and oxygen atoms in total. The molecule has 0 spiro atoms. The van der Waals surface area contributed by atoms with Crippen molar-refractivity contribution in [2.45, 2.75) is 38.3 Å². The predicted molar refractivity (Wildman–Crippen MR) is 84.0 cm³/mol. The fourth-order valence-electron chi connectivity index (χ4n) is 1.47. The normalized spacial score (nSPS) is 12.0. The van der Waals surface area contributed by atoms with Gasteiger partial charge in [-0.1, -0.05) is 13.8 Å². The van der Waals surface area contributed by atoms with E-state index in [-0.39, 0.29) is 4.90 Å². The zero-order valence-electron chi connectivity index (χ0n) is 11.5. The molecule has 2 aromatic heterocycles. The standard InChI is InChI=1S/C12H17N3O2S3/c1-8(2)13-6-10-4-11(7-18-10)20(16,17)15-12-14-5-9(3)19-12/h4-5,7-8,13H,6H2,1-3H3,(H,14,15). The average molecular weight is 331 g/mol. The molecule has 20 heavy (non-hydrogen) atoms. The highest BCUT2D eigenvalue weighted by atomic mass is 32.2. The monoisotopic (exact) mass is 331 g/mol. The first kappa shape index (κ1) is 15.4. The molecule has 0 bridgehead atoms. The van der Waals surface area contributed by atoms with E-state index in [0.717, 1.165) is 9.75 Å². The van der Waals surface area contributed by atoms with Gasteiger partial charge in [0, 0.05) is 33.9 Å². The lowest BCUT2D eigenvalue weighted by atomic mass is 10.4. The first-order valence-corrected chi connectivity index (χ1v) is 9.31. The van der Waals surface area contributed by atoms with Gasteiger partial charge in [-0.15, -0.1) is 22.7 Å². The average Bonchev–Trinajstić information content (AvgIpc) is 2.95. The summed E-state index contributed by atoms with van der Waals surface area (Å²) >= 11 is 2.76. The fourth-order valence-corrected chi connectivity index (χ4v) is 4.61. The van der Waals surface area contributed by atoms with E-state index >= 15 is 0 Å². The van der Waals surface area contributed by atoms with Crippen LogP contribution in [0.1, 0.15) is 23.6 Å². The molecule has 0 aliphatic carbocycles. The van der Waals surface area contributed by atoms with Crippen molar-refractivity contribution in [3.8, 4) is 0 Å². The molecule has 0 fully saturated rings. The molecular weight excluding hydrogens is 314 g/mol. The van der Waals surface area contributed by atoms with Gasteiger partial charge in [-0.2, -0.15) is 0 Å². The number of aryl methyl sites for hydroxylation is 1. The maximum Gasteiger partial charge on any atom is 0.264 e. The van der Waals surface area contributed by atoms with E-state index in [4.69, 9.17) is 0 Å². The van der Waals surface area contributed by atoms with Crippen LogP contribution in [0.15, 0.2) is 22.5 Å². The summed E-state index contributed by atoms with van der Waals surface area (Å²) in [7, 11) is -3.54. The van der Waals surface area contributed by atoms with Crippen molar-refractivity contribution in [3.05, 3.63) is 27.4 Å². The summed E-state index contributed by atoms with van der Waals surface area (Å²) in [6.07, 6.45) is 1.65. The zero-order valence-corrected chi connectivity index (χ0v) is 14.0. The Kier molecular flexibility index (Phi) is 4.79. The van der Waals surface area contributed by atoms with Gasteiger partial charge in [-0.05, 0) is 13.0 Å². The lowest BCUT2D eigenvalue weighted by Crippen LogP contribution is -2.21. The van der Waals surface area contributed by atoms with Crippen LogP contribution in [-0.4, -0.2) is 19.4 Å². The summed E-state index contributed by atoms with van der Waals surface area (Å²) < 4.78 is 26.9. The van der Waals surface area contributed by atoms with Crippen molar-refractivity contribution in [2.24, 2.45) is 0 Å². The quantitative estimate of drug-likeness (QED) is 0.854. The minimum atomic E-state index is -3.54. The van der Waals surface area contributed by atoms with Crippen LogP contribution in [0, 0.1) is 6.92 Å². The molecule has 0 radical (unpaired) electrons. The van der Waals surface area contributed by atoms with Gasteiger partial charge in [0.05, 0.1) is 4.90 Å². The van der Waals surface area contributed by atoms with E-state index in [0.29, 0.717) is 17.7 Å². The number of sulfonamides is 1. The number of nitrogens with zero attached hydrogens (tertiary/aromatic N) is 1. The lowest BCUT2D eigenvalue weighted by Gasteiger charge is -2.05. The number of hydrogen-bond acceptors (Lipinski definition) is 6. The van der Waals surface area contributed by atoms with E-state index in [1.165, 1.54) is 22.7 Å². The largest absolute Gasteiger partial charge is 0.310 e. The van der Waals surface area contributed by atoms with Crippen LogP contribution in [0.3, 0.4) is 0 Å². The summed E-state index contributed by atoms with van der Waals surface area (Å²) in [5.41, 5.74) is 0. The van der Waals surface area contributed by atoms with Crippen LogP contribution in [0.2, 0.25) is 0 Å². The number of thiophene rings is 1. The molecule has 0 aromatic carbocycles. The predicted octanol–water partition coefficient (Wildman–Crippen LogP) is 2.81. The van der Waals surface area contributed by atoms with Crippen molar-refractivity contribution >= 4 is 37.8 Å². The Hall–Kier alpha value is -0.960. The van der Waals surface area contributed by atoms with Crippen LogP contribution in [-0.2, 0) is 16.6 Å². The Labute approximate surface area is 127 Å². The smallest absolute Gasteiger partial charge is 0.264 e. The number of aromatic nitrogens is 1. The molecule has 2 N–H and O–H groups in total. The minimum Gasteiger partial charge on any atom is -0.310 e. The van der Waals surface area contributed by atoms with E-state index in [1.54, 1.807) is 17.6 Å². The van der Waals surface area contributed by atoms with E-state index in [1.807, 2.05) is 6.92 Å². The highest BCUT2D eigenvalue weighted by Gasteiger charge is 2.17. The third-order valence-electron chi connectivity index (χ3n) is 2.47. The summed E-state index contributed by atoms with van der Waals surface area (Å²) in [6, 6.07) is 2.07. The number of anilines is 1. The first-order valence-electron chi connectivity index (χ1n) is 6.13. The van der Waals surface area contributed by atoms with Gasteiger partial charge in [0.25, 0.3) is 10.0 Å². The zero-order chi connectivity index (χ0) is 14.8. The van der Waals surface area contributed by atoms with Gasteiger partial charge in [-0.3, -0.25) is 4.72 Å². The van der Waals surface area contributed by atoms with Crippen LogP contribution in [0.5, 0.6) is 0 Å². The van der Waals surface area contributed by atoms with Crippen molar-refractivity contribution in [1.29, 1.82) is 0 Å². The van der Waals surface area contributed by atoms with Crippen LogP contribution in [0.4, 0.5) is 5.13 Å². The molecule has 0 unspecified atom stereocenters. The Balaban J connectivity index is 2.09. The molecule has 0 atom stereocenters. The van der Waals surface area contributed by atoms with Crippen LogP contribution < -0.4 is 10.0 Å². The van der Waals surface area contributed by atoms with Gasteiger partial charge in [0.1, 0.15) is 0 Å². The molecule has 2 heterocycles. The molecular formula is C12H17N3O2S3. The van der Waals surface area contributed by atoms with Gasteiger partial charge in [0.15, 0.2) is 5.13 Å². The molecule has 0 saturated heterocycles. The molecule has 110 valence electrons. The van der Waals surface area contributed by atoms with Crippen molar-refractivity contribution in [3.63, 3.8) is 0 Å². The Morgan fingerprint density at radius 1 is 1.40 bits per heavy atom. The van der Waals surface area contributed by atoms with Gasteiger partial charge < -0.3 is 5.32 Å². The topological polar surface area (TPSA) is 71.1 Å². The van der Waals surface area contributed by atoms with E-state index in [2.05, 4.69) is 28.9 Å².